The Bertz CT molecular complexity index is 1190. The number of hydrogen-bond donors (Lipinski definition) is 3. The van der Waals surface area contributed by atoms with E-state index in [1.54, 1.807) is 0 Å². The Kier molecular flexibility index (Phi) is 6.21. The molecule has 8 rings (SSSR count). The van der Waals surface area contributed by atoms with Crippen LogP contribution in [0.25, 0.3) is 0 Å². The first-order chi connectivity index (χ1) is 18.5. The molecule has 1 heterocycles. The molecule has 4 bridgehead atoms. The van der Waals surface area contributed by atoms with Crippen molar-refractivity contribution in [3.05, 3.63) is 59.2 Å². The smallest absolute Gasteiger partial charge is 0.251 e. The van der Waals surface area contributed by atoms with Crippen molar-refractivity contribution in [2.75, 3.05) is 10.6 Å². The minimum atomic E-state index is 0.0982. The SMILES string of the molecule is CC1CCCCC1C(=O)Nc1ccc(C2Cc3cc(C(=O)NC4[C@H]5C[C@@H]6C[C@@H](C[C@H]4C6)C5)ccc3N2)cc1. The lowest BCUT2D eigenvalue weighted by Crippen LogP contribution is -2.55. The highest BCUT2D eigenvalue weighted by atomic mass is 16.2. The fourth-order valence-corrected chi connectivity index (χ4v) is 8.84. The van der Waals surface area contributed by atoms with Crippen molar-refractivity contribution in [3.63, 3.8) is 0 Å². The van der Waals surface area contributed by atoms with E-state index in [1.165, 1.54) is 49.7 Å². The van der Waals surface area contributed by atoms with Gasteiger partial charge in [0.25, 0.3) is 5.91 Å². The van der Waals surface area contributed by atoms with E-state index in [1.807, 2.05) is 18.2 Å². The monoisotopic (exact) mass is 511 g/mol. The van der Waals surface area contributed by atoms with E-state index < -0.39 is 0 Å². The van der Waals surface area contributed by atoms with Crippen molar-refractivity contribution in [1.29, 1.82) is 0 Å². The van der Waals surface area contributed by atoms with E-state index in [-0.39, 0.29) is 23.8 Å². The van der Waals surface area contributed by atoms with Gasteiger partial charge in [-0.1, -0.05) is 31.9 Å². The van der Waals surface area contributed by atoms with Gasteiger partial charge in [-0.25, -0.2) is 0 Å². The second-order valence-electron chi connectivity index (χ2n) is 13.2. The quantitative estimate of drug-likeness (QED) is 0.418. The first-order valence-corrected chi connectivity index (χ1v) is 15.1. The predicted octanol–water partition coefficient (Wildman–Crippen LogP) is 6.72. The summed E-state index contributed by atoms with van der Waals surface area (Å²) in [6, 6.07) is 15.0. The molecule has 6 aliphatic rings. The Balaban J connectivity index is 0.977. The van der Waals surface area contributed by atoms with Gasteiger partial charge in [0.05, 0.1) is 6.04 Å². The molecule has 1 aliphatic heterocycles. The molecule has 0 aromatic heterocycles. The van der Waals surface area contributed by atoms with Crippen molar-refractivity contribution < 1.29 is 9.59 Å². The summed E-state index contributed by atoms with van der Waals surface area (Å²) in [5, 5.41) is 10.3. The molecule has 5 fully saturated rings. The Morgan fingerprint density at radius 1 is 0.868 bits per heavy atom. The van der Waals surface area contributed by atoms with Crippen LogP contribution in [0.5, 0.6) is 0 Å². The van der Waals surface area contributed by atoms with Gasteiger partial charge in [-0.2, -0.15) is 0 Å². The molecule has 3 N–H and O–H groups in total. The second-order valence-corrected chi connectivity index (χ2v) is 13.2. The van der Waals surface area contributed by atoms with E-state index in [4.69, 9.17) is 0 Å². The molecule has 0 saturated heterocycles. The highest BCUT2D eigenvalue weighted by molar-refractivity contribution is 5.95. The summed E-state index contributed by atoms with van der Waals surface area (Å²) >= 11 is 0. The lowest BCUT2D eigenvalue weighted by molar-refractivity contribution is -0.122. The number of carbonyl (C=O) groups is 2. The molecule has 5 heteroatoms. The van der Waals surface area contributed by atoms with Crippen molar-refractivity contribution in [2.24, 2.45) is 35.5 Å². The third kappa shape index (κ3) is 4.52. The van der Waals surface area contributed by atoms with Crippen molar-refractivity contribution in [2.45, 2.75) is 83.2 Å². The molecular formula is C33H41N3O2. The van der Waals surface area contributed by atoms with E-state index in [2.05, 4.69) is 47.1 Å². The molecule has 2 aromatic carbocycles. The van der Waals surface area contributed by atoms with Crippen LogP contribution in [0.3, 0.4) is 0 Å². The van der Waals surface area contributed by atoms with Crippen LogP contribution in [0, 0.1) is 35.5 Å². The fourth-order valence-electron chi connectivity index (χ4n) is 8.84. The molecular weight excluding hydrogens is 470 g/mol. The van der Waals surface area contributed by atoms with Crippen LogP contribution in [0.1, 0.15) is 92.2 Å². The minimum Gasteiger partial charge on any atom is -0.378 e. The molecule has 200 valence electrons. The number of anilines is 2. The maximum absolute atomic E-state index is 13.3. The maximum Gasteiger partial charge on any atom is 0.251 e. The maximum atomic E-state index is 13.3. The Morgan fingerprint density at radius 2 is 1.58 bits per heavy atom. The summed E-state index contributed by atoms with van der Waals surface area (Å²) in [7, 11) is 0. The Labute approximate surface area is 226 Å². The highest BCUT2D eigenvalue weighted by Crippen LogP contribution is 2.53. The van der Waals surface area contributed by atoms with Gasteiger partial charge >= 0.3 is 0 Å². The van der Waals surface area contributed by atoms with Gasteiger partial charge in [0.1, 0.15) is 0 Å². The number of fused-ring (bicyclic) bond motifs is 1. The summed E-state index contributed by atoms with van der Waals surface area (Å²) in [5.74, 6) is 4.06. The van der Waals surface area contributed by atoms with Gasteiger partial charge in [0, 0.05) is 28.9 Å². The molecule has 2 aromatic rings. The zero-order chi connectivity index (χ0) is 25.8. The Hall–Kier alpha value is -2.82. The Morgan fingerprint density at radius 3 is 2.29 bits per heavy atom. The zero-order valence-electron chi connectivity index (χ0n) is 22.5. The standard InChI is InChI=1S/C33H41N3O2/c1-19-4-2-3-5-28(19)33(38)34-27-9-6-22(7-10-27)30-18-24-17-23(8-11-29(24)35-30)32(37)36-31-25-13-20-12-21(15-25)16-26(31)14-20/h6-11,17,19-21,25-26,28,30-31,35H,2-5,12-16,18H2,1H3,(H,34,38)(H,36,37)/t19?,20-,21+,25-,26+,28?,30?,31?. The summed E-state index contributed by atoms with van der Waals surface area (Å²) in [6.45, 7) is 2.20. The molecule has 3 unspecified atom stereocenters. The largest absolute Gasteiger partial charge is 0.378 e. The molecule has 0 spiro atoms. The predicted molar refractivity (Wildman–Crippen MR) is 151 cm³/mol. The average Bonchev–Trinajstić information content (AvgIpc) is 3.34. The summed E-state index contributed by atoms with van der Waals surface area (Å²) in [6.07, 6.45) is 12.1. The van der Waals surface area contributed by atoms with Gasteiger partial charge in [-0.3, -0.25) is 9.59 Å². The molecule has 5 saturated carbocycles. The van der Waals surface area contributed by atoms with Gasteiger partial charge < -0.3 is 16.0 Å². The summed E-state index contributed by atoms with van der Waals surface area (Å²) in [5.41, 5.74) is 5.18. The third-order valence-electron chi connectivity index (χ3n) is 10.7. The van der Waals surface area contributed by atoms with Crippen molar-refractivity contribution in [3.8, 4) is 0 Å². The number of carbonyl (C=O) groups excluding carboxylic acids is 2. The molecule has 38 heavy (non-hydrogen) atoms. The van der Waals surface area contributed by atoms with Crippen LogP contribution in [-0.2, 0) is 11.2 Å². The first kappa shape index (κ1) is 24.2. The van der Waals surface area contributed by atoms with Gasteiger partial charge in [0.15, 0.2) is 0 Å². The van der Waals surface area contributed by atoms with Gasteiger partial charge in [-0.15, -0.1) is 0 Å². The highest BCUT2D eigenvalue weighted by Gasteiger charge is 2.48. The van der Waals surface area contributed by atoms with E-state index in [0.717, 1.165) is 54.5 Å². The number of rotatable bonds is 5. The van der Waals surface area contributed by atoms with Crippen LogP contribution >= 0.6 is 0 Å². The normalized spacial score (nSPS) is 34.9. The average molecular weight is 512 g/mol. The molecule has 2 amide bonds. The van der Waals surface area contributed by atoms with Gasteiger partial charge in [-0.05, 0) is 122 Å². The number of nitrogens with one attached hydrogen (secondary N) is 3. The van der Waals surface area contributed by atoms with E-state index in [9.17, 15) is 9.59 Å². The third-order valence-corrected chi connectivity index (χ3v) is 10.7. The second kappa shape index (κ2) is 9.73. The molecule has 0 radical (unpaired) electrons. The lowest BCUT2D eigenvalue weighted by Gasteiger charge is -2.54. The first-order valence-electron chi connectivity index (χ1n) is 15.1. The van der Waals surface area contributed by atoms with Crippen LogP contribution in [0.2, 0.25) is 0 Å². The van der Waals surface area contributed by atoms with Gasteiger partial charge in [0.2, 0.25) is 5.91 Å². The van der Waals surface area contributed by atoms with E-state index in [0.29, 0.717) is 23.8 Å². The molecule has 5 nitrogen and oxygen atoms in total. The topological polar surface area (TPSA) is 70.2 Å². The number of hydrogen-bond acceptors (Lipinski definition) is 3. The van der Waals surface area contributed by atoms with Crippen molar-refractivity contribution >= 4 is 23.2 Å². The number of amides is 2. The summed E-state index contributed by atoms with van der Waals surface area (Å²) in [4.78, 5) is 26.1. The van der Waals surface area contributed by atoms with Crippen LogP contribution in [0.4, 0.5) is 11.4 Å². The van der Waals surface area contributed by atoms with Crippen LogP contribution in [0.15, 0.2) is 42.5 Å². The lowest BCUT2D eigenvalue weighted by atomic mass is 9.54. The minimum absolute atomic E-state index is 0.0982. The zero-order valence-corrected chi connectivity index (χ0v) is 22.5. The summed E-state index contributed by atoms with van der Waals surface area (Å²) < 4.78 is 0. The van der Waals surface area contributed by atoms with E-state index >= 15 is 0 Å². The number of benzene rings is 2. The molecule has 3 atom stereocenters. The van der Waals surface area contributed by atoms with Crippen LogP contribution < -0.4 is 16.0 Å². The van der Waals surface area contributed by atoms with Crippen LogP contribution in [-0.4, -0.2) is 17.9 Å². The van der Waals surface area contributed by atoms with Crippen molar-refractivity contribution in [1.82, 2.24) is 5.32 Å². The fraction of sp³-hybridized carbons (Fsp3) is 0.576. The molecule has 5 aliphatic carbocycles.